The molecule has 1 aliphatic heterocycles. The first-order valence-electron chi connectivity index (χ1n) is 6.21. The Kier molecular flexibility index (Phi) is 4.40. The zero-order valence-electron chi connectivity index (χ0n) is 10.8. The summed E-state index contributed by atoms with van der Waals surface area (Å²) in [4.78, 5) is 22.7. The number of rotatable bonds is 3. The van der Waals surface area contributed by atoms with Crippen LogP contribution in [-0.2, 0) is 0 Å². The average molecular weight is 315 g/mol. The van der Waals surface area contributed by atoms with Gasteiger partial charge < -0.3 is 14.8 Å². The van der Waals surface area contributed by atoms with Crippen LogP contribution in [0.3, 0.4) is 0 Å². The molecule has 1 aliphatic rings. The summed E-state index contributed by atoms with van der Waals surface area (Å²) in [6, 6.07) is 0. The Morgan fingerprint density at radius 1 is 1.56 bits per heavy atom. The van der Waals surface area contributed by atoms with Gasteiger partial charge in [0.25, 0.3) is 5.56 Å². The van der Waals surface area contributed by atoms with Gasteiger partial charge in [-0.05, 0) is 54.8 Å². The molecule has 6 heteroatoms. The van der Waals surface area contributed by atoms with Gasteiger partial charge in [0.05, 0.1) is 6.33 Å². The molecule has 0 aliphatic carbocycles. The Labute approximate surface area is 115 Å². The van der Waals surface area contributed by atoms with Gasteiger partial charge in [-0.3, -0.25) is 4.79 Å². The molecule has 1 aromatic heterocycles. The lowest BCUT2D eigenvalue weighted by atomic mass is 9.97. The molecule has 0 unspecified atom stereocenters. The molecule has 0 atom stereocenters. The van der Waals surface area contributed by atoms with Gasteiger partial charge in [0.1, 0.15) is 10.3 Å². The number of anilines is 1. The molecule has 0 bridgehead atoms. The Morgan fingerprint density at radius 2 is 2.22 bits per heavy atom. The fourth-order valence-corrected chi connectivity index (χ4v) is 2.88. The highest BCUT2D eigenvalue weighted by atomic mass is 79.9. The highest BCUT2D eigenvalue weighted by molar-refractivity contribution is 9.10. The zero-order chi connectivity index (χ0) is 13.1. The molecule has 0 radical (unpaired) electrons. The van der Waals surface area contributed by atoms with Gasteiger partial charge in [0.15, 0.2) is 0 Å². The number of hydrogen-bond acceptors (Lipinski definition) is 4. The standard InChI is InChI=1S/C12H19BrN4O/c1-16-5-3-9(4-6-16)7-17(2)11-10(13)12(18)15-8-14-11/h8-9H,3-7H2,1-2H3,(H,14,15,18). The van der Waals surface area contributed by atoms with Crippen molar-refractivity contribution < 1.29 is 0 Å². The number of hydrogen-bond donors (Lipinski definition) is 1. The van der Waals surface area contributed by atoms with E-state index in [4.69, 9.17) is 0 Å². The quantitative estimate of drug-likeness (QED) is 0.914. The van der Waals surface area contributed by atoms with Crippen LogP contribution < -0.4 is 10.5 Å². The third kappa shape index (κ3) is 3.11. The third-order valence-corrected chi connectivity index (χ3v) is 4.22. The number of likely N-dealkylation sites (tertiary alicyclic amines) is 1. The van der Waals surface area contributed by atoms with E-state index < -0.39 is 0 Å². The lowest BCUT2D eigenvalue weighted by molar-refractivity contribution is 0.222. The lowest BCUT2D eigenvalue weighted by Crippen LogP contribution is -2.36. The largest absolute Gasteiger partial charge is 0.358 e. The van der Waals surface area contributed by atoms with Crippen molar-refractivity contribution in [2.75, 3.05) is 38.6 Å². The van der Waals surface area contributed by atoms with E-state index in [1.165, 1.54) is 19.2 Å². The monoisotopic (exact) mass is 314 g/mol. The number of H-pyrrole nitrogens is 1. The second kappa shape index (κ2) is 5.84. The molecule has 0 amide bonds. The van der Waals surface area contributed by atoms with Crippen molar-refractivity contribution >= 4 is 21.7 Å². The summed E-state index contributed by atoms with van der Waals surface area (Å²) in [7, 11) is 4.15. The van der Waals surface area contributed by atoms with Gasteiger partial charge in [0, 0.05) is 13.6 Å². The van der Waals surface area contributed by atoms with Gasteiger partial charge in [-0.25, -0.2) is 4.98 Å². The molecular weight excluding hydrogens is 296 g/mol. The number of piperidine rings is 1. The molecule has 2 heterocycles. The molecule has 1 aromatic rings. The van der Waals surface area contributed by atoms with Crippen LogP contribution in [-0.4, -0.2) is 48.6 Å². The first-order valence-corrected chi connectivity index (χ1v) is 7.00. The number of aromatic nitrogens is 2. The van der Waals surface area contributed by atoms with Crippen molar-refractivity contribution in [3.63, 3.8) is 0 Å². The predicted octanol–water partition coefficient (Wildman–Crippen LogP) is 1.31. The lowest BCUT2D eigenvalue weighted by Gasteiger charge is -2.32. The number of aromatic amines is 1. The summed E-state index contributed by atoms with van der Waals surface area (Å²) in [6.45, 7) is 3.26. The Hall–Kier alpha value is -0.880. The van der Waals surface area contributed by atoms with E-state index in [9.17, 15) is 4.79 Å². The maximum Gasteiger partial charge on any atom is 0.267 e. The highest BCUT2D eigenvalue weighted by Gasteiger charge is 2.20. The van der Waals surface area contributed by atoms with Crippen molar-refractivity contribution in [2.24, 2.45) is 5.92 Å². The number of halogens is 1. The summed E-state index contributed by atoms with van der Waals surface area (Å²) in [6.07, 6.45) is 3.87. The normalized spacial score (nSPS) is 17.9. The molecule has 1 N–H and O–H groups in total. The average Bonchev–Trinajstić information content (AvgIpc) is 2.35. The maximum atomic E-state index is 11.5. The summed E-state index contributed by atoms with van der Waals surface area (Å²) in [5.41, 5.74) is -0.129. The molecule has 5 nitrogen and oxygen atoms in total. The number of nitrogens with one attached hydrogen (secondary N) is 1. The van der Waals surface area contributed by atoms with Crippen LogP contribution in [0, 0.1) is 5.92 Å². The van der Waals surface area contributed by atoms with Gasteiger partial charge in [0.2, 0.25) is 0 Å². The topological polar surface area (TPSA) is 52.2 Å². The fourth-order valence-electron chi connectivity index (χ4n) is 2.36. The van der Waals surface area contributed by atoms with E-state index in [1.807, 2.05) is 7.05 Å². The van der Waals surface area contributed by atoms with Crippen molar-refractivity contribution in [3.8, 4) is 0 Å². The highest BCUT2D eigenvalue weighted by Crippen LogP contribution is 2.22. The number of nitrogens with zero attached hydrogens (tertiary/aromatic N) is 3. The van der Waals surface area contributed by atoms with E-state index >= 15 is 0 Å². The Balaban J connectivity index is 2.01. The first kappa shape index (κ1) is 13.5. The first-order chi connectivity index (χ1) is 8.58. The Morgan fingerprint density at radius 3 is 2.89 bits per heavy atom. The predicted molar refractivity (Wildman–Crippen MR) is 76.0 cm³/mol. The van der Waals surface area contributed by atoms with Crippen molar-refractivity contribution in [1.29, 1.82) is 0 Å². The second-order valence-corrected chi connectivity index (χ2v) is 5.79. The van der Waals surface area contributed by atoms with Gasteiger partial charge in [-0.1, -0.05) is 0 Å². The van der Waals surface area contributed by atoms with Gasteiger partial charge in [-0.15, -0.1) is 0 Å². The molecule has 1 fully saturated rings. The van der Waals surface area contributed by atoms with Crippen LogP contribution in [0.5, 0.6) is 0 Å². The van der Waals surface area contributed by atoms with E-state index in [0.717, 1.165) is 25.5 Å². The molecular formula is C12H19BrN4O. The molecule has 0 aromatic carbocycles. The van der Waals surface area contributed by atoms with E-state index in [-0.39, 0.29) is 5.56 Å². The minimum Gasteiger partial charge on any atom is -0.358 e. The van der Waals surface area contributed by atoms with E-state index in [2.05, 4.69) is 42.7 Å². The van der Waals surface area contributed by atoms with Gasteiger partial charge >= 0.3 is 0 Å². The fraction of sp³-hybridized carbons (Fsp3) is 0.667. The summed E-state index contributed by atoms with van der Waals surface area (Å²) in [5, 5.41) is 0. The van der Waals surface area contributed by atoms with E-state index in [1.54, 1.807) is 0 Å². The maximum absolute atomic E-state index is 11.5. The van der Waals surface area contributed by atoms with Crippen molar-refractivity contribution in [1.82, 2.24) is 14.9 Å². The minimum atomic E-state index is -0.129. The summed E-state index contributed by atoms with van der Waals surface area (Å²) in [5.74, 6) is 1.40. The smallest absolute Gasteiger partial charge is 0.267 e. The zero-order valence-corrected chi connectivity index (χ0v) is 12.4. The van der Waals surface area contributed by atoms with Gasteiger partial charge in [-0.2, -0.15) is 0 Å². The van der Waals surface area contributed by atoms with Crippen LogP contribution >= 0.6 is 15.9 Å². The van der Waals surface area contributed by atoms with E-state index in [0.29, 0.717) is 10.4 Å². The van der Waals surface area contributed by atoms with Crippen LogP contribution in [0.25, 0.3) is 0 Å². The molecule has 1 saturated heterocycles. The SMILES string of the molecule is CN1CCC(CN(C)c2nc[nH]c(=O)c2Br)CC1. The third-order valence-electron chi connectivity index (χ3n) is 3.51. The molecule has 18 heavy (non-hydrogen) atoms. The molecule has 2 rings (SSSR count). The molecule has 100 valence electrons. The van der Waals surface area contributed by atoms with Crippen LogP contribution in [0.2, 0.25) is 0 Å². The van der Waals surface area contributed by atoms with Crippen LogP contribution in [0.1, 0.15) is 12.8 Å². The van der Waals surface area contributed by atoms with Crippen LogP contribution in [0.15, 0.2) is 15.6 Å². The van der Waals surface area contributed by atoms with Crippen molar-refractivity contribution in [3.05, 3.63) is 21.2 Å². The Bertz CT molecular complexity index is 454. The summed E-state index contributed by atoms with van der Waals surface area (Å²) < 4.78 is 0.514. The molecule has 0 spiro atoms. The minimum absolute atomic E-state index is 0.129. The van der Waals surface area contributed by atoms with Crippen molar-refractivity contribution in [2.45, 2.75) is 12.8 Å². The molecule has 0 saturated carbocycles. The summed E-state index contributed by atoms with van der Waals surface area (Å²) >= 11 is 3.30. The second-order valence-electron chi connectivity index (χ2n) is 5.00. The van der Waals surface area contributed by atoms with Crippen LogP contribution in [0.4, 0.5) is 5.82 Å².